The Bertz CT molecular complexity index is 779. The SMILES string of the molecule is O=C1[C@H](C2CCN(Cc3ccccc3)CC2)CC=CCN1Cc1ccccc1. The minimum atomic E-state index is 0.140. The molecule has 1 fully saturated rings. The summed E-state index contributed by atoms with van der Waals surface area (Å²) in [5.41, 5.74) is 2.59. The van der Waals surface area contributed by atoms with Gasteiger partial charge in [-0.2, -0.15) is 0 Å². The first-order valence-electron chi connectivity index (χ1n) is 10.5. The molecule has 0 aromatic heterocycles. The lowest BCUT2D eigenvalue weighted by atomic mass is 9.81. The van der Waals surface area contributed by atoms with Crippen molar-refractivity contribution in [2.75, 3.05) is 19.6 Å². The van der Waals surface area contributed by atoms with Crippen molar-refractivity contribution in [2.24, 2.45) is 11.8 Å². The maximum Gasteiger partial charge on any atom is 0.226 e. The third-order valence-corrected chi connectivity index (χ3v) is 6.18. The highest BCUT2D eigenvalue weighted by Gasteiger charge is 2.34. The molecule has 3 nitrogen and oxygen atoms in total. The maximum atomic E-state index is 13.3. The molecular formula is C25H30N2O. The monoisotopic (exact) mass is 374 g/mol. The lowest BCUT2D eigenvalue weighted by Gasteiger charge is -2.36. The summed E-state index contributed by atoms with van der Waals surface area (Å²) in [7, 11) is 0. The van der Waals surface area contributed by atoms with Crippen molar-refractivity contribution in [2.45, 2.75) is 32.4 Å². The van der Waals surface area contributed by atoms with E-state index in [1.54, 1.807) is 0 Å². The zero-order valence-electron chi connectivity index (χ0n) is 16.5. The predicted octanol–water partition coefficient (Wildman–Crippen LogP) is 4.50. The van der Waals surface area contributed by atoms with Gasteiger partial charge < -0.3 is 4.90 Å². The second-order valence-corrected chi connectivity index (χ2v) is 8.12. The average Bonchev–Trinajstić information content (AvgIpc) is 2.92. The Morgan fingerprint density at radius 2 is 1.39 bits per heavy atom. The molecule has 0 bridgehead atoms. The molecule has 2 heterocycles. The average molecular weight is 375 g/mol. The van der Waals surface area contributed by atoms with Gasteiger partial charge in [-0.1, -0.05) is 72.8 Å². The van der Waals surface area contributed by atoms with Gasteiger partial charge in [0.05, 0.1) is 0 Å². The molecule has 1 saturated heterocycles. The molecule has 0 aliphatic carbocycles. The number of amides is 1. The van der Waals surface area contributed by atoms with Crippen molar-refractivity contribution < 1.29 is 4.79 Å². The zero-order chi connectivity index (χ0) is 19.2. The van der Waals surface area contributed by atoms with Gasteiger partial charge in [-0.25, -0.2) is 0 Å². The maximum absolute atomic E-state index is 13.3. The lowest BCUT2D eigenvalue weighted by Crippen LogP contribution is -2.42. The van der Waals surface area contributed by atoms with E-state index in [1.807, 2.05) is 23.1 Å². The summed E-state index contributed by atoms with van der Waals surface area (Å²) in [5.74, 6) is 0.984. The van der Waals surface area contributed by atoms with Gasteiger partial charge in [-0.05, 0) is 49.4 Å². The summed E-state index contributed by atoms with van der Waals surface area (Å²) in [6, 6.07) is 21.0. The number of carbonyl (C=O) groups excluding carboxylic acids is 1. The second-order valence-electron chi connectivity index (χ2n) is 8.12. The molecule has 2 aliphatic rings. The van der Waals surface area contributed by atoms with E-state index >= 15 is 0 Å². The molecule has 4 rings (SSSR count). The summed E-state index contributed by atoms with van der Waals surface area (Å²) in [5, 5.41) is 0. The molecular weight excluding hydrogens is 344 g/mol. The Morgan fingerprint density at radius 3 is 2.04 bits per heavy atom. The Balaban J connectivity index is 1.35. The number of hydrogen-bond acceptors (Lipinski definition) is 2. The summed E-state index contributed by atoms with van der Waals surface area (Å²) in [6.07, 6.45) is 7.54. The minimum absolute atomic E-state index is 0.140. The minimum Gasteiger partial charge on any atom is -0.334 e. The fourth-order valence-corrected chi connectivity index (χ4v) is 4.57. The topological polar surface area (TPSA) is 23.6 Å². The Kier molecular flexibility index (Phi) is 6.23. The van der Waals surface area contributed by atoms with Crippen LogP contribution in [0.25, 0.3) is 0 Å². The molecule has 146 valence electrons. The van der Waals surface area contributed by atoms with Crippen LogP contribution in [0, 0.1) is 11.8 Å². The summed E-state index contributed by atoms with van der Waals surface area (Å²) < 4.78 is 0. The van der Waals surface area contributed by atoms with E-state index in [9.17, 15) is 4.79 Å². The van der Waals surface area contributed by atoms with Gasteiger partial charge in [0.25, 0.3) is 0 Å². The number of carbonyl (C=O) groups is 1. The van der Waals surface area contributed by atoms with Crippen LogP contribution in [0.15, 0.2) is 72.8 Å². The van der Waals surface area contributed by atoms with Crippen LogP contribution in [0.2, 0.25) is 0 Å². The molecule has 0 spiro atoms. The molecule has 0 N–H and O–H groups in total. The van der Waals surface area contributed by atoms with E-state index in [1.165, 1.54) is 11.1 Å². The largest absolute Gasteiger partial charge is 0.334 e. The molecule has 0 saturated carbocycles. The predicted molar refractivity (Wildman–Crippen MR) is 114 cm³/mol. The summed E-state index contributed by atoms with van der Waals surface area (Å²) in [4.78, 5) is 17.9. The first-order chi connectivity index (χ1) is 13.8. The van der Waals surface area contributed by atoms with Gasteiger partial charge >= 0.3 is 0 Å². The van der Waals surface area contributed by atoms with Crippen molar-refractivity contribution >= 4 is 5.91 Å². The van der Waals surface area contributed by atoms with E-state index in [0.717, 1.165) is 45.4 Å². The van der Waals surface area contributed by atoms with Crippen molar-refractivity contribution in [3.63, 3.8) is 0 Å². The molecule has 1 atom stereocenters. The molecule has 1 amide bonds. The molecule has 2 aliphatic heterocycles. The van der Waals surface area contributed by atoms with E-state index in [2.05, 4.69) is 59.5 Å². The van der Waals surface area contributed by atoms with Gasteiger partial charge in [-0.15, -0.1) is 0 Å². The number of nitrogens with zero attached hydrogens (tertiary/aromatic N) is 2. The van der Waals surface area contributed by atoms with Crippen molar-refractivity contribution in [3.05, 3.63) is 83.9 Å². The Labute approximate surface area is 168 Å². The first-order valence-corrected chi connectivity index (χ1v) is 10.5. The van der Waals surface area contributed by atoms with E-state index in [4.69, 9.17) is 0 Å². The van der Waals surface area contributed by atoms with Gasteiger partial charge in [0.15, 0.2) is 0 Å². The number of likely N-dealkylation sites (tertiary alicyclic amines) is 1. The zero-order valence-corrected chi connectivity index (χ0v) is 16.5. The van der Waals surface area contributed by atoms with Crippen LogP contribution in [-0.2, 0) is 17.9 Å². The summed E-state index contributed by atoms with van der Waals surface area (Å²) in [6.45, 7) is 4.65. The molecule has 3 heteroatoms. The van der Waals surface area contributed by atoms with Gasteiger partial charge in [0.2, 0.25) is 5.91 Å². The van der Waals surface area contributed by atoms with Gasteiger partial charge in [-0.3, -0.25) is 9.69 Å². The molecule has 0 unspecified atom stereocenters. The van der Waals surface area contributed by atoms with Crippen LogP contribution < -0.4 is 0 Å². The van der Waals surface area contributed by atoms with Gasteiger partial charge in [0.1, 0.15) is 0 Å². The standard InChI is InChI=1S/C25H30N2O/c28-25-24(13-7-8-16-27(25)20-22-11-5-2-6-12-22)23-14-17-26(18-15-23)19-21-9-3-1-4-10-21/h1-12,23-24H,13-20H2/t24-/m0/s1. The highest BCUT2D eigenvalue weighted by molar-refractivity contribution is 5.80. The van der Waals surface area contributed by atoms with E-state index < -0.39 is 0 Å². The number of benzene rings is 2. The normalized spacial score (nSPS) is 21.6. The quantitative estimate of drug-likeness (QED) is 0.719. The Morgan fingerprint density at radius 1 is 0.786 bits per heavy atom. The van der Waals surface area contributed by atoms with E-state index in [0.29, 0.717) is 18.4 Å². The van der Waals surface area contributed by atoms with Crippen LogP contribution in [0.4, 0.5) is 0 Å². The third-order valence-electron chi connectivity index (χ3n) is 6.18. The molecule has 2 aromatic carbocycles. The highest BCUT2D eigenvalue weighted by Crippen LogP contribution is 2.31. The van der Waals surface area contributed by atoms with Crippen LogP contribution in [0.3, 0.4) is 0 Å². The van der Waals surface area contributed by atoms with Crippen molar-refractivity contribution in [1.29, 1.82) is 0 Å². The van der Waals surface area contributed by atoms with Crippen molar-refractivity contribution in [1.82, 2.24) is 9.80 Å². The van der Waals surface area contributed by atoms with Crippen LogP contribution in [0.5, 0.6) is 0 Å². The fraction of sp³-hybridized carbons (Fsp3) is 0.400. The van der Waals surface area contributed by atoms with Gasteiger partial charge in [0, 0.05) is 25.6 Å². The van der Waals surface area contributed by atoms with Crippen LogP contribution in [0.1, 0.15) is 30.4 Å². The Hall–Kier alpha value is -2.39. The fourth-order valence-electron chi connectivity index (χ4n) is 4.57. The smallest absolute Gasteiger partial charge is 0.226 e. The lowest BCUT2D eigenvalue weighted by molar-refractivity contribution is -0.137. The van der Waals surface area contributed by atoms with E-state index in [-0.39, 0.29) is 5.92 Å². The third kappa shape index (κ3) is 4.71. The van der Waals surface area contributed by atoms with Crippen LogP contribution in [-0.4, -0.2) is 35.3 Å². The molecule has 2 aromatic rings. The number of hydrogen-bond donors (Lipinski definition) is 0. The second kappa shape index (κ2) is 9.20. The molecule has 28 heavy (non-hydrogen) atoms. The highest BCUT2D eigenvalue weighted by atomic mass is 16.2. The van der Waals surface area contributed by atoms with Crippen molar-refractivity contribution in [3.8, 4) is 0 Å². The number of allylic oxidation sites excluding steroid dienone is 1. The first kappa shape index (κ1) is 18.9. The summed E-state index contributed by atoms with van der Waals surface area (Å²) >= 11 is 0. The molecule has 0 radical (unpaired) electrons. The van der Waals surface area contributed by atoms with Crippen LogP contribution >= 0.6 is 0 Å². The number of rotatable bonds is 5. The number of piperidine rings is 1.